The van der Waals surface area contributed by atoms with Gasteiger partial charge in [0.1, 0.15) is 0 Å². The van der Waals surface area contributed by atoms with E-state index >= 15 is 0 Å². The van der Waals surface area contributed by atoms with Gasteiger partial charge in [-0.25, -0.2) is 9.59 Å². The van der Waals surface area contributed by atoms with Gasteiger partial charge in [0.2, 0.25) is 5.91 Å². The van der Waals surface area contributed by atoms with Crippen LogP contribution in [0.5, 0.6) is 0 Å². The molecule has 1 aliphatic heterocycles. The lowest BCUT2D eigenvalue weighted by Gasteiger charge is -2.28. The number of fused-ring (bicyclic) bond motifs is 3. The monoisotopic (exact) mass is 691 g/mol. The molecule has 1 amide bonds. The van der Waals surface area contributed by atoms with Gasteiger partial charge in [0.15, 0.2) is 0 Å². The van der Waals surface area contributed by atoms with Crippen LogP contribution in [0.3, 0.4) is 0 Å². The Bertz CT molecular complexity index is 2300. The number of rotatable bonds is 9. The van der Waals surface area contributed by atoms with Crippen molar-refractivity contribution in [2.75, 3.05) is 11.9 Å². The van der Waals surface area contributed by atoms with E-state index in [1.54, 1.807) is 18.6 Å². The van der Waals surface area contributed by atoms with Gasteiger partial charge in [0, 0.05) is 40.4 Å². The average Bonchev–Trinajstić information content (AvgIpc) is 3.56. The summed E-state index contributed by atoms with van der Waals surface area (Å²) in [6.07, 6.45) is 2.68. The number of benzene rings is 3. The first-order valence-corrected chi connectivity index (χ1v) is 18.5. The third-order valence-corrected chi connectivity index (χ3v) is 12.2. The molecule has 2 atom stereocenters. The number of hydrogen-bond acceptors (Lipinski definition) is 3. The molecule has 0 radical (unpaired) electrons. The number of aryl methyl sites for hydroxylation is 4. The molecule has 3 heterocycles. The van der Waals surface area contributed by atoms with Crippen LogP contribution in [0.4, 0.5) is 5.69 Å². The van der Waals surface area contributed by atoms with Gasteiger partial charge in [-0.15, -0.1) is 0 Å². The molecule has 0 bridgehead atoms. The normalized spacial score (nSPS) is 16.1. The zero-order chi connectivity index (χ0) is 37.5. The van der Waals surface area contributed by atoms with E-state index in [4.69, 9.17) is 0 Å². The summed E-state index contributed by atoms with van der Waals surface area (Å²) < 4.78 is 7.27. The van der Waals surface area contributed by atoms with E-state index in [0.717, 1.165) is 52.6 Å². The highest BCUT2D eigenvalue weighted by atomic mass is 16.2. The summed E-state index contributed by atoms with van der Waals surface area (Å²) in [6.45, 7) is 20.5. The van der Waals surface area contributed by atoms with Crippen molar-refractivity contribution in [3.63, 3.8) is 0 Å². The van der Waals surface area contributed by atoms with Crippen LogP contribution in [-0.4, -0.2) is 31.2 Å². The Morgan fingerprint density at radius 2 is 1.25 bits per heavy atom. The van der Waals surface area contributed by atoms with Crippen LogP contribution in [0.25, 0.3) is 22.1 Å². The van der Waals surface area contributed by atoms with Crippen molar-refractivity contribution < 1.29 is 4.79 Å². The van der Waals surface area contributed by atoms with Crippen molar-refractivity contribution in [1.29, 1.82) is 0 Å². The van der Waals surface area contributed by atoms with Crippen LogP contribution >= 0.6 is 0 Å². The van der Waals surface area contributed by atoms with E-state index in [1.807, 2.05) is 39.7 Å². The Kier molecular flexibility index (Phi) is 8.88. The van der Waals surface area contributed by atoms with E-state index in [0.29, 0.717) is 6.54 Å². The second kappa shape index (κ2) is 12.4. The second-order valence-electron chi connectivity index (χ2n) is 17.6. The fraction of sp³-hybridized carbons (Fsp3) is 0.512. The van der Waals surface area contributed by atoms with Crippen molar-refractivity contribution in [1.82, 2.24) is 18.3 Å². The highest BCUT2D eigenvalue weighted by Crippen LogP contribution is 2.41. The summed E-state index contributed by atoms with van der Waals surface area (Å²) in [5.41, 5.74) is 10.4. The molecule has 3 aromatic carbocycles. The van der Waals surface area contributed by atoms with Gasteiger partial charge in [0.05, 0.1) is 28.0 Å². The number of amides is 1. The van der Waals surface area contributed by atoms with Crippen LogP contribution in [-0.2, 0) is 48.7 Å². The molecule has 6 rings (SSSR count). The maximum atomic E-state index is 13.7. The van der Waals surface area contributed by atoms with E-state index in [1.165, 1.54) is 22.3 Å². The number of carbonyl (C=O) groups is 1. The Morgan fingerprint density at radius 3 is 1.92 bits per heavy atom. The molecule has 0 N–H and O–H groups in total. The van der Waals surface area contributed by atoms with Gasteiger partial charge in [0.25, 0.3) is 0 Å². The molecule has 8 nitrogen and oxygen atoms in total. The summed E-state index contributed by atoms with van der Waals surface area (Å²) in [5.74, 6) is 0.263. The Morgan fingerprint density at radius 1 is 0.667 bits per heavy atom. The van der Waals surface area contributed by atoms with Crippen molar-refractivity contribution in [2.24, 2.45) is 21.1 Å². The van der Waals surface area contributed by atoms with Gasteiger partial charge in [-0.1, -0.05) is 79.7 Å². The van der Waals surface area contributed by atoms with E-state index < -0.39 is 0 Å². The van der Waals surface area contributed by atoms with Crippen LogP contribution in [0, 0.1) is 0 Å². The predicted molar refractivity (Wildman–Crippen MR) is 211 cm³/mol. The topological polar surface area (TPSA) is 74.2 Å². The minimum absolute atomic E-state index is 0.00247. The lowest BCUT2D eigenvalue weighted by atomic mass is 9.77. The van der Waals surface area contributed by atoms with Gasteiger partial charge in [-0.05, 0) is 100 Å². The first-order valence-electron chi connectivity index (χ1n) is 18.5. The third kappa shape index (κ3) is 6.08. The molecule has 2 aromatic heterocycles. The molecule has 1 aliphatic rings. The van der Waals surface area contributed by atoms with Crippen LogP contribution in [0.1, 0.15) is 121 Å². The lowest BCUT2D eigenvalue weighted by Crippen LogP contribution is -2.27. The summed E-state index contributed by atoms with van der Waals surface area (Å²) in [6, 6.07) is 17.4. The molecule has 0 saturated heterocycles. The van der Waals surface area contributed by atoms with Crippen molar-refractivity contribution in [2.45, 2.75) is 116 Å². The molecule has 272 valence electrons. The maximum absolute atomic E-state index is 13.7. The van der Waals surface area contributed by atoms with E-state index in [9.17, 15) is 14.4 Å². The fourth-order valence-electron chi connectivity index (χ4n) is 8.12. The van der Waals surface area contributed by atoms with Crippen molar-refractivity contribution >= 4 is 33.7 Å². The van der Waals surface area contributed by atoms with Crippen molar-refractivity contribution in [3.8, 4) is 0 Å². The minimum Gasteiger partial charge on any atom is -0.315 e. The first kappa shape index (κ1) is 36.5. The molecule has 5 aromatic rings. The summed E-state index contributed by atoms with van der Waals surface area (Å²) >= 11 is 0. The highest BCUT2D eigenvalue weighted by molar-refractivity contribution is 6.04. The number of carbonyl (C=O) groups excluding carboxylic acids is 1. The summed E-state index contributed by atoms with van der Waals surface area (Å²) in [4.78, 5) is 41.0. The Labute approximate surface area is 302 Å². The summed E-state index contributed by atoms with van der Waals surface area (Å²) in [7, 11) is 7.47. The van der Waals surface area contributed by atoms with Crippen LogP contribution in [0.15, 0.2) is 58.1 Å². The van der Waals surface area contributed by atoms with Crippen LogP contribution < -0.4 is 16.3 Å². The second-order valence-corrected chi connectivity index (χ2v) is 17.6. The number of imidazole rings is 2. The minimum atomic E-state index is -0.199. The van der Waals surface area contributed by atoms with Gasteiger partial charge in [-0.2, -0.15) is 0 Å². The molecular weight excluding hydrogens is 635 g/mol. The zero-order valence-electron chi connectivity index (χ0n) is 33.1. The smallest absolute Gasteiger partial charge is 0.315 e. The number of hydrogen-bond donors (Lipinski definition) is 0. The summed E-state index contributed by atoms with van der Waals surface area (Å²) in [5, 5.41) is 0. The van der Waals surface area contributed by atoms with E-state index in [-0.39, 0.29) is 45.4 Å². The van der Waals surface area contributed by atoms with E-state index in [2.05, 4.69) is 104 Å². The average molecular weight is 692 g/mol. The van der Waals surface area contributed by atoms with Crippen LogP contribution in [0.2, 0.25) is 0 Å². The van der Waals surface area contributed by atoms with Gasteiger partial charge >= 0.3 is 11.4 Å². The Hall–Kier alpha value is -4.33. The molecule has 0 aliphatic carbocycles. The molecule has 0 fully saturated rings. The molecule has 0 spiro atoms. The quantitative estimate of drug-likeness (QED) is 0.157. The number of aromatic nitrogens is 4. The van der Waals surface area contributed by atoms with Crippen molar-refractivity contribution in [3.05, 3.63) is 97.3 Å². The third-order valence-electron chi connectivity index (χ3n) is 12.2. The molecule has 1 unspecified atom stereocenters. The highest BCUT2D eigenvalue weighted by Gasteiger charge is 2.34. The SMILES string of the molecule is CC(CCC(C)(C)c1ccc2c(c1)n(C)c(=O)n2CCC(C)(C)c1ccc2c(c1)N(C)C(=O)[C@H]2C)c1cc(C(C)(C)C)cc2c1n(C)c(=O)n2C. The predicted octanol–water partition coefficient (Wildman–Crippen LogP) is 8.14. The molecule has 0 saturated carbocycles. The Balaban J connectivity index is 1.23. The lowest BCUT2D eigenvalue weighted by molar-refractivity contribution is -0.118. The number of anilines is 1. The molecular formula is C43H57N5O3. The number of likely N-dealkylation sites (N-methyl/N-ethyl adjacent to an activating group) is 1. The molecule has 8 heteroatoms. The zero-order valence-corrected chi connectivity index (χ0v) is 33.1. The fourth-order valence-corrected chi connectivity index (χ4v) is 8.12. The maximum Gasteiger partial charge on any atom is 0.328 e. The largest absolute Gasteiger partial charge is 0.328 e. The number of nitrogens with zero attached hydrogens (tertiary/aromatic N) is 5. The van der Waals surface area contributed by atoms with Gasteiger partial charge < -0.3 is 4.90 Å². The van der Waals surface area contributed by atoms with Gasteiger partial charge in [-0.3, -0.25) is 23.1 Å². The molecule has 51 heavy (non-hydrogen) atoms. The standard InChI is InChI=1S/C43H57N5O3/c1-26(32-22-30(41(3,4)5)25-36-37(32)47(13)39(50)46(36)12)18-19-42(6,7)29-15-17-33-35(24-29)45(11)40(51)48(33)21-20-43(8,9)28-14-16-31-27(2)38(49)44(10)34(31)23-28/h14-17,22-27H,18-21H2,1-13H3/t26?,27-/m0/s1. The first-order chi connectivity index (χ1) is 23.7.